The monoisotopic (exact) mass is 385 g/mol. The zero-order valence-corrected chi connectivity index (χ0v) is 15.6. The Kier molecular flexibility index (Phi) is 5.97. The normalized spacial score (nSPS) is 12.5. The summed E-state index contributed by atoms with van der Waals surface area (Å²) in [5.41, 5.74) is 0.827. The lowest BCUT2D eigenvalue weighted by Crippen LogP contribution is -2.29. The van der Waals surface area contributed by atoms with Crippen molar-refractivity contribution in [3.63, 3.8) is 0 Å². The van der Waals surface area contributed by atoms with Crippen LogP contribution in [0.1, 0.15) is 12.5 Å². The van der Waals surface area contributed by atoms with Crippen LogP contribution in [0.2, 0.25) is 0 Å². The van der Waals surface area contributed by atoms with Crippen molar-refractivity contribution in [3.05, 3.63) is 59.9 Å². The molecule has 2 rings (SSSR count). The number of sulfonamides is 1. The minimum absolute atomic E-state index is 0.0316. The number of halogens is 1. The first kappa shape index (κ1) is 19.6. The first-order chi connectivity index (χ1) is 11.7. The van der Waals surface area contributed by atoms with Gasteiger partial charge in [-0.1, -0.05) is 19.1 Å². The van der Waals surface area contributed by atoms with Crippen molar-refractivity contribution in [1.29, 1.82) is 0 Å². The highest BCUT2D eigenvalue weighted by Crippen LogP contribution is 2.19. The summed E-state index contributed by atoms with van der Waals surface area (Å²) >= 11 is 0. The number of hydrogen-bond donors (Lipinski definition) is 0. The highest BCUT2D eigenvalue weighted by atomic mass is 32.2. The second-order valence-electron chi connectivity index (χ2n) is 5.58. The number of likely N-dealkylation sites (N-methyl/N-ethyl adjacent to an activating group) is 1. The van der Waals surface area contributed by atoms with Crippen molar-refractivity contribution in [2.45, 2.75) is 23.1 Å². The third-order valence-electron chi connectivity index (χ3n) is 3.90. The molecule has 0 fully saturated rings. The van der Waals surface area contributed by atoms with Gasteiger partial charge in [-0.15, -0.1) is 0 Å². The van der Waals surface area contributed by atoms with E-state index in [2.05, 4.69) is 0 Å². The maximum Gasteiger partial charge on any atom is 0.242 e. The lowest BCUT2D eigenvalue weighted by Gasteiger charge is -2.17. The Labute approximate surface area is 148 Å². The Morgan fingerprint density at radius 3 is 1.92 bits per heavy atom. The number of rotatable bonds is 7. The van der Waals surface area contributed by atoms with E-state index in [1.165, 1.54) is 54.7 Å². The van der Waals surface area contributed by atoms with Crippen LogP contribution in [0.3, 0.4) is 0 Å². The summed E-state index contributed by atoms with van der Waals surface area (Å²) in [5, 5.41) is 0. The van der Waals surface area contributed by atoms with Crippen LogP contribution in [0.4, 0.5) is 4.39 Å². The van der Waals surface area contributed by atoms with E-state index in [0.29, 0.717) is 6.42 Å². The van der Waals surface area contributed by atoms with E-state index < -0.39 is 19.9 Å². The van der Waals surface area contributed by atoms with Crippen molar-refractivity contribution in [1.82, 2.24) is 4.31 Å². The third-order valence-corrected chi connectivity index (χ3v) is 7.52. The van der Waals surface area contributed by atoms with Crippen LogP contribution in [-0.4, -0.2) is 40.5 Å². The smallest absolute Gasteiger partial charge is 0.224 e. The molecule has 5 nitrogen and oxygen atoms in total. The van der Waals surface area contributed by atoms with Crippen LogP contribution < -0.4 is 0 Å². The molecule has 0 saturated heterocycles. The fourth-order valence-electron chi connectivity index (χ4n) is 2.22. The second kappa shape index (κ2) is 7.63. The van der Waals surface area contributed by atoms with E-state index in [1.807, 2.05) is 0 Å². The predicted molar refractivity (Wildman–Crippen MR) is 94.1 cm³/mol. The fourth-order valence-corrected chi connectivity index (χ4v) is 4.28. The third kappa shape index (κ3) is 4.65. The molecule has 25 heavy (non-hydrogen) atoms. The second-order valence-corrected chi connectivity index (χ2v) is 9.90. The van der Waals surface area contributed by atoms with Gasteiger partial charge < -0.3 is 0 Å². The topological polar surface area (TPSA) is 71.5 Å². The van der Waals surface area contributed by atoms with E-state index in [9.17, 15) is 21.2 Å². The van der Waals surface area contributed by atoms with Gasteiger partial charge in [-0.3, -0.25) is 0 Å². The highest BCUT2D eigenvalue weighted by Gasteiger charge is 2.21. The summed E-state index contributed by atoms with van der Waals surface area (Å²) < 4.78 is 62.8. The van der Waals surface area contributed by atoms with E-state index >= 15 is 0 Å². The minimum Gasteiger partial charge on any atom is -0.224 e. The van der Waals surface area contributed by atoms with E-state index in [-0.39, 0.29) is 27.9 Å². The standard InChI is InChI=1S/C17H20FNO4S2/c1-3-24(20,21)16-8-10-17(11-9-16)25(22,23)19(2)13-12-14-4-6-15(18)7-5-14/h4-11H,3,12-13H2,1-2H3. The van der Waals surface area contributed by atoms with Crippen molar-refractivity contribution in [2.24, 2.45) is 0 Å². The molecule has 2 aromatic rings. The quantitative estimate of drug-likeness (QED) is 0.734. The number of benzene rings is 2. The van der Waals surface area contributed by atoms with Gasteiger partial charge in [-0.05, 0) is 48.4 Å². The average Bonchev–Trinajstić information content (AvgIpc) is 2.61. The Morgan fingerprint density at radius 2 is 1.40 bits per heavy atom. The summed E-state index contributed by atoms with van der Waals surface area (Å²) in [5.74, 6) is -0.386. The molecule has 0 aliphatic heterocycles. The molecule has 2 aromatic carbocycles. The molecule has 8 heteroatoms. The van der Waals surface area contributed by atoms with Gasteiger partial charge in [-0.25, -0.2) is 25.5 Å². The Hall–Kier alpha value is -1.77. The van der Waals surface area contributed by atoms with Crippen LogP contribution in [0.15, 0.2) is 58.3 Å². The van der Waals surface area contributed by atoms with E-state index in [4.69, 9.17) is 0 Å². The molecule has 0 unspecified atom stereocenters. The van der Waals surface area contributed by atoms with Gasteiger partial charge in [0.1, 0.15) is 5.82 Å². The maximum absolute atomic E-state index is 12.9. The summed E-state index contributed by atoms with van der Waals surface area (Å²) in [6.45, 7) is 1.76. The zero-order chi connectivity index (χ0) is 18.7. The molecule has 0 N–H and O–H groups in total. The van der Waals surface area contributed by atoms with Gasteiger partial charge in [0.25, 0.3) is 0 Å². The minimum atomic E-state index is -3.72. The van der Waals surface area contributed by atoms with Gasteiger partial charge in [0.05, 0.1) is 15.5 Å². The van der Waals surface area contributed by atoms with Gasteiger partial charge in [0, 0.05) is 13.6 Å². The molecule has 0 atom stereocenters. The van der Waals surface area contributed by atoms with Crippen LogP contribution in [-0.2, 0) is 26.3 Å². The summed E-state index contributed by atoms with van der Waals surface area (Å²) in [4.78, 5) is 0.132. The Bertz CT molecular complexity index is 922. The Balaban J connectivity index is 2.13. The molecule has 0 spiro atoms. The molecule has 0 aliphatic carbocycles. The molecule has 0 radical (unpaired) electrons. The Morgan fingerprint density at radius 1 is 0.880 bits per heavy atom. The number of sulfone groups is 1. The van der Waals surface area contributed by atoms with E-state index in [1.54, 1.807) is 12.1 Å². The van der Waals surface area contributed by atoms with Gasteiger partial charge in [0.2, 0.25) is 10.0 Å². The number of nitrogens with zero attached hydrogens (tertiary/aromatic N) is 1. The average molecular weight is 385 g/mol. The SMILES string of the molecule is CCS(=O)(=O)c1ccc(S(=O)(=O)N(C)CCc2ccc(F)cc2)cc1. The molecule has 0 aromatic heterocycles. The molecular formula is C17H20FNO4S2. The van der Waals surface area contributed by atoms with E-state index in [0.717, 1.165) is 5.56 Å². The maximum atomic E-state index is 12.9. The van der Waals surface area contributed by atoms with Crippen molar-refractivity contribution in [2.75, 3.05) is 19.3 Å². The van der Waals surface area contributed by atoms with Gasteiger partial charge >= 0.3 is 0 Å². The first-order valence-corrected chi connectivity index (χ1v) is 10.8. The largest absolute Gasteiger partial charge is 0.242 e. The van der Waals surface area contributed by atoms with Crippen LogP contribution in [0.5, 0.6) is 0 Å². The van der Waals surface area contributed by atoms with Crippen LogP contribution >= 0.6 is 0 Å². The molecule has 0 aliphatic rings. The first-order valence-electron chi connectivity index (χ1n) is 7.70. The van der Waals surface area contributed by atoms with Crippen molar-refractivity contribution in [3.8, 4) is 0 Å². The molecule has 0 saturated carbocycles. The van der Waals surface area contributed by atoms with Crippen LogP contribution in [0.25, 0.3) is 0 Å². The van der Waals surface area contributed by atoms with Crippen LogP contribution in [0, 0.1) is 5.82 Å². The lowest BCUT2D eigenvalue weighted by molar-refractivity contribution is 0.472. The number of hydrogen-bond acceptors (Lipinski definition) is 4. The highest BCUT2D eigenvalue weighted by molar-refractivity contribution is 7.91. The summed E-state index contributed by atoms with van der Waals surface area (Å²) in [6, 6.07) is 11.1. The summed E-state index contributed by atoms with van der Waals surface area (Å²) in [7, 11) is -5.64. The predicted octanol–water partition coefficient (Wildman–Crippen LogP) is 2.48. The molecule has 0 amide bonds. The van der Waals surface area contributed by atoms with Gasteiger partial charge in [0.15, 0.2) is 9.84 Å². The molecule has 136 valence electrons. The fraction of sp³-hybridized carbons (Fsp3) is 0.294. The lowest BCUT2D eigenvalue weighted by atomic mass is 10.1. The van der Waals surface area contributed by atoms with Crippen molar-refractivity contribution >= 4 is 19.9 Å². The zero-order valence-electron chi connectivity index (χ0n) is 14.0. The van der Waals surface area contributed by atoms with Crippen molar-refractivity contribution < 1.29 is 21.2 Å². The van der Waals surface area contributed by atoms with Gasteiger partial charge in [-0.2, -0.15) is 0 Å². The molecule has 0 heterocycles. The summed E-state index contributed by atoms with van der Waals surface area (Å²) in [6.07, 6.45) is 0.443. The molecular weight excluding hydrogens is 365 g/mol. The molecule has 0 bridgehead atoms.